The third-order valence-corrected chi connectivity index (χ3v) is 9.35. The Bertz CT molecular complexity index is 1260. The lowest BCUT2D eigenvalue weighted by atomic mass is 9.65. The largest absolute Gasteiger partial charge is 0.394 e. The van der Waals surface area contributed by atoms with E-state index < -0.39 is 35.1 Å². The van der Waals surface area contributed by atoms with E-state index in [1.807, 2.05) is 76.2 Å². The van der Waals surface area contributed by atoms with Crippen LogP contribution in [0, 0.1) is 25.7 Å². The van der Waals surface area contributed by atoms with Gasteiger partial charge >= 0.3 is 0 Å². The summed E-state index contributed by atoms with van der Waals surface area (Å²) in [6.07, 6.45) is 2.82. The third-order valence-electron chi connectivity index (χ3n) is 9.35. The van der Waals surface area contributed by atoms with E-state index in [4.69, 9.17) is 4.74 Å². The lowest BCUT2D eigenvalue weighted by Gasteiger charge is -2.37. The first-order chi connectivity index (χ1) is 19.2. The second kappa shape index (κ2) is 11.0. The van der Waals surface area contributed by atoms with Crippen LogP contribution < -0.4 is 10.6 Å². The predicted octanol–water partition coefficient (Wildman–Crippen LogP) is 3.53. The van der Waals surface area contributed by atoms with Gasteiger partial charge in [-0.3, -0.25) is 14.4 Å². The molecule has 3 aliphatic rings. The Balaban J connectivity index is 1.59. The molecule has 3 aliphatic heterocycles. The summed E-state index contributed by atoms with van der Waals surface area (Å²) in [6, 6.07) is 13.8. The molecule has 8 nitrogen and oxygen atoms in total. The number of nitrogens with zero attached hydrogens (tertiary/aromatic N) is 1. The van der Waals surface area contributed by atoms with Crippen LogP contribution >= 0.6 is 0 Å². The fourth-order valence-electron chi connectivity index (χ4n) is 7.45. The van der Waals surface area contributed by atoms with Crippen molar-refractivity contribution in [2.24, 2.45) is 11.8 Å². The van der Waals surface area contributed by atoms with Crippen LogP contribution in [0.25, 0.3) is 0 Å². The zero-order chi connectivity index (χ0) is 28.7. The standard InChI is InChI=1S/C32H41N3O5/c1-5-17-33-28(37)24-25-30(39)35(23(19-36)18-22-13-8-7-9-14-22)27(32(25)16-15-31(24,6-2)40-32)29(38)34-26-20(3)11-10-12-21(26)4/h7-14,23-25,27,36H,5-6,15-19H2,1-4H3,(H,33,37)(H,34,38)/t23-,24+,25+,27?,31-,32?/m1/s1. The summed E-state index contributed by atoms with van der Waals surface area (Å²) in [4.78, 5) is 44.0. The Hall–Kier alpha value is -3.23. The highest BCUT2D eigenvalue weighted by atomic mass is 16.5. The highest BCUT2D eigenvalue weighted by Gasteiger charge is 2.79. The third kappa shape index (κ3) is 4.41. The van der Waals surface area contributed by atoms with E-state index in [0.717, 1.165) is 23.1 Å². The van der Waals surface area contributed by atoms with Gasteiger partial charge in [0.25, 0.3) is 0 Å². The quantitative estimate of drug-likeness (QED) is 0.422. The van der Waals surface area contributed by atoms with Gasteiger partial charge in [0.1, 0.15) is 11.6 Å². The molecular formula is C32H41N3O5. The highest BCUT2D eigenvalue weighted by molar-refractivity contribution is 6.04. The molecule has 2 bridgehead atoms. The fourth-order valence-corrected chi connectivity index (χ4v) is 7.45. The van der Waals surface area contributed by atoms with Crippen LogP contribution in [0.1, 0.15) is 56.2 Å². The Morgan fingerprint density at radius 3 is 2.38 bits per heavy atom. The van der Waals surface area contributed by atoms with Gasteiger partial charge in [-0.25, -0.2) is 0 Å². The number of fused-ring (bicyclic) bond motifs is 1. The number of nitrogens with one attached hydrogen (secondary N) is 2. The molecule has 5 rings (SSSR count). The summed E-state index contributed by atoms with van der Waals surface area (Å²) >= 11 is 0. The van der Waals surface area contributed by atoms with Gasteiger partial charge in [-0.05, 0) is 62.6 Å². The number of carbonyl (C=O) groups is 3. The topological polar surface area (TPSA) is 108 Å². The van der Waals surface area contributed by atoms with Crippen molar-refractivity contribution in [3.63, 3.8) is 0 Å². The van der Waals surface area contributed by atoms with Crippen molar-refractivity contribution in [1.82, 2.24) is 10.2 Å². The molecule has 40 heavy (non-hydrogen) atoms. The Kier molecular flexibility index (Phi) is 7.77. The van der Waals surface area contributed by atoms with Crippen LogP contribution in [0.4, 0.5) is 5.69 Å². The molecule has 3 fully saturated rings. The van der Waals surface area contributed by atoms with Gasteiger partial charge in [0, 0.05) is 12.2 Å². The zero-order valence-corrected chi connectivity index (χ0v) is 23.9. The Morgan fingerprint density at radius 2 is 1.75 bits per heavy atom. The lowest BCUT2D eigenvalue weighted by Crippen LogP contribution is -2.57. The molecule has 2 unspecified atom stereocenters. The smallest absolute Gasteiger partial charge is 0.250 e. The molecule has 1 spiro atoms. The second-order valence-electron chi connectivity index (χ2n) is 11.7. The summed E-state index contributed by atoms with van der Waals surface area (Å²) in [6.45, 7) is 8.04. The number of hydrogen-bond acceptors (Lipinski definition) is 5. The number of anilines is 1. The molecule has 3 amide bonds. The second-order valence-corrected chi connectivity index (χ2v) is 11.7. The highest BCUT2D eigenvalue weighted by Crippen LogP contribution is 2.64. The molecule has 8 heteroatoms. The maximum Gasteiger partial charge on any atom is 0.250 e. The van der Waals surface area contributed by atoms with Gasteiger partial charge < -0.3 is 25.4 Å². The van der Waals surface area contributed by atoms with Gasteiger partial charge in [0.05, 0.1) is 30.1 Å². The molecule has 0 saturated carbocycles. The van der Waals surface area contributed by atoms with Gasteiger partial charge in [-0.1, -0.05) is 62.4 Å². The van der Waals surface area contributed by atoms with Crippen molar-refractivity contribution >= 4 is 23.4 Å². The average Bonchev–Trinajstić information content (AvgIpc) is 3.56. The number of hydrogen-bond donors (Lipinski definition) is 3. The van der Waals surface area contributed by atoms with E-state index in [0.29, 0.717) is 37.9 Å². The van der Waals surface area contributed by atoms with Crippen LogP contribution in [-0.2, 0) is 25.5 Å². The molecule has 6 atom stereocenters. The Morgan fingerprint density at radius 1 is 1.05 bits per heavy atom. The van der Waals surface area contributed by atoms with Gasteiger partial charge in [0.2, 0.25) is 17.7 Å². The number of likely N-dealkylation sites (tertiary alicyclic amines) is 1. The molecule has 3 N–H and O–H groups in total. The fraction of sp³-hybridized carbons (Fsp3) is 0.531. The first-order valence-corrected chi connectivity index (χ1v) is 14.5. The van der Waals surface area contributed by atoms with Crippen molar-refractivity contribution in [2.45, 2.75) is 83.1 Å². The molecule has 0 aromatic heterocycles. The number of para-hydroxylation sites is 1. The number of ether oxygens (including phenoxy) is 1. The van der Waals surface area contributed by atoms with Gasteiger partial charge in [0.15, 0.2) is 0 Å². The maximum atomic E-state index is 14.5. The van der Waals surface area contributed by atoms with Crippen molar-refractivity contribution < 1.29 is 24.2 Å². The Labute approximate surface area is 236 Å². The van der Waals surface area contributed by atoms with Gasteiger partial charge in [-0.15, -0.1) is 0 Å². The predicted molar refractivity (Wildman–Crippen MR) is 153 cm³/mol. The SMILES string of the molecule is CCCNC(=O)[C@@H]1[C@H]2C(=O)N([C@@H](CO)Cc3ccccc3)C(C(=O)Nc3c(C)cccc3C)C23CC[C@@]1(CC)O3. The molecule has 2 aromatic rings. The average molecular weight is 548 g/mol. The minimum Gasteiger partial charge on any atom is -0.394 e. The molecule has 0 aliphatic carbocycles. The van der Waals surface area contributed by atoms with E-state index in [1.165, 1.54) is 0 Å². The van der Waals surface area contributed by atoms with E-state index in [2.05, 4.69) is 10.6 Å². The van der Waals surface area contributed by atoms with E-state index in [9.17, 15) is 19.5 Å². The monoisotopic (exact) mass is 547 g/mol. The summed E-state index contributed by atoms with van der Waals surface area (Å²) in [5.74, 6) is -2.31. The number of amides is 3. The number of carbonyl (C=O) groups excluding carboxylic acids is 3. The minimum atomic E-state index is -1.15. The molecule has 3 saturated heterocycles. The summed E-state index contributed by atoms with van der Waals surface area (Å²) in [5.41, 5.74) is 1.55. The van der Waals surface area contributed by atoms with E-state index in [1.54, 1.807) is 4.90 Å². The molecule has 3 heterocycles. The number of benzene rings is 2. The molecule has 0 radical (unpaired) electrons. The first-order valence-electron chi connectivity index (χ1n) is 14.5. The minimum absolute atomic E-state index is 0.192. The van der Waals surface area contributed by atoms with E-state index >= 15 is 0 Å². The molecule has 214 valence electrons. The van der Waals surface area contributed by atoms with Crippen LogP contribution in [0.2, 0.25) is 0 Å². The van der Waals surface area contributed by atoms with Crippen LogP contribution in [0.3, 0.4) is 0 Å². The molecular weight excluding hydrogens is 506 g/mol. The lowest BCUT2D eigenvalue weighted by molar-refractivity contribution is -0.149. The number of aryl methyl sites for hydroxylation is 2. The van der Waals surface area contributed by atoms with Crippen LogP contribution in [0.15, 0.2) is 48.5 Å². The summed E-state index contributed by atoms with van der Waals surface area (Å²) in [5, 5.41) is 16.7. The maximum absolute atomic E-state index is 14.5. The molecule has 2 aromatic carbocycles. The van der Waals surface area contributed by atoms with Crippen LogP contribution in [0.5, 0.6) is 0 Å². The van der Waals surface area contributed by atoms with Gasteiger partial charge in [-0.2, -0.15) is 0 Å². The van der Waals surface area contributed by atoms with Crippen LogP contribution in [-0.4, -0.2) is 64.2 Å². The number of aliphatic hydroxyl groups is 1. The van der Waals surface area contributed by atoms with E-state index in [-0.39, 0.29) is 24.3 Å². The zero-order valence-electron chi connectivity index (χ0n) is 23.9. The number of aliphatic hydroxyl groups excluding tert-OH is 1. The van der Waals surface area contributed by atoms with Crippen molar-refractivity contribution in [2.75, 3.05) is 18.5 Å². The summed E-state index contributed by atoms with van der Waals surface area (Å²) in [7, 11) is 0. The number of rotatable bonds is 10. The van der Waals surface area contributed by atoms with Crippen molar-refractivity contribution in [3.8, 4) is 0 Å². The summed E-state index contributed by atoms with van der Waals surface area (Å²) < 4.78 is 6.85. The normalized spacial score (nSPS) is 29.4. The van der Waals surface area contributed by atoms with Crippen molar-refractivity contribution in [1.29, 1.82) is 0 Å². The van der Waals surface area contributed by atoms with Crippen molar-refractivity contribution in [3.05, 3.63) is 65.2 Å². The first kappa shape index (κ1) is 28.3.